The molecule has 2 aromatic carbocycles. The highest BCUT2D eigenvalue weighted by Crippen LogP contribution is 2.21. The van der Waals surface area contributed by atoms with E-state index >= 15 is 0 Å². The zero-order valence-corrected chi connectivity index (χ0v) is 15.4. The average molecular weight is 410 g/mol. The first-order valence-electron chi connectivity index (χ1n) is 7.51. The molecule has 0 saturated carbocycles. The highest BCUT2D eigenvalue weighted by Gasteiger charge is 2.10. The van der Waals surface area contributed by atoms with Crippen LogP contribution in [0.25, 0.3) is 0 Å². The molecule has 0 aliphatic heterocycles. The molecule has 0 aliphatic carbocycles. The Kier molecular flexibility index (Phi) is 5.31. The molecule has 0 N–H and O–H groups in total. The number of hydrogen-bond donors (Lipinski definition) is 0. The van der Waals surface area contributed by atoms with E-state index in [9.17, 15) is 4.39 Å². The molecule has 0 saturated heterocycles. The van der Waals surface area contributed by atoms with E-state index in [-0.39, 0.29) is 5.82 Å². The zero-order chi connectivity index (χ0) is 17.1. The van der Waals surface area contributed by atoms with E-state index in [4.69, 9.17) is 16.0 Å². The first-order chi connectivity index (χ1) is 11.5. The minimum Gasteiger partial charge on any atom is -0.425 e. The van der Waals surface area contributed by atoms with E-state index in [0.29, 0.717) is 36.1 Å². The molecule has 0 bridgehead atoms. The Labute approximate surface area is 153 Å². The van der Waals surface area contributed by atoms with Gasteiger partial charge in [0.15, 0.2) is 0 Å². The first-order valence-corrected chi connectivity index (χ1v) is 8.68. The lowest BCUT2D eigenvalue weighted by Gasteiger charge is -2.02. The van der Waals surface area contributed by atoms with Gasteiger partial charge in [0.2, 0.25) is 11.8 Å². The van der Waals surface area contributed by atoms with Crippen LogP contribution in [0.2, 0.25) is 5.02 Å². The van der Waals surface area contributed by atoms with Gasteiger partial charge in [0, 0.05) is 15.9 Å². The van der Waals surface area contributed by atoms with E-state index in [1.54, 1.807) is 6.07 Å². The fourth-order valence-electron chi connectivity index (χ4n) is 2.35. The van der Waals surface area contributed by atoms with Crippen molar-refractivity contribution in [1.82, 2.24) is 10.2 Å². The number of rotatable bonds is 5. The summed E-state index contributed by atoms with van der Waals surface area (Å²) in [5.41, 5.74) is 3.14. The summed E-state index contributed by atoms with van der Waals surface area (Å²) >= 11 is 9.55. The second-order valence-corrected chi connectivity index (χ2v) is 6.85. The second kappa shape index (κ2) is 7.45. The van der Waals surface area contributed by atoms with Gasteiger partial charge < -0.3 is 4.42 Å². The summed E-state index contributed by atoms with van der Waals surface area (Å²) in [4.78, 5) is 0. The van der Waals surface area contributed by atoms with Crippen LogP contribution in [-0.4, -0.2) is 10.2 Å². The summed E-state index contributed by atoms with van der Waals surface area (Å²) in [5, 5.41) is 8.57. The van der Waals surface area contributed by atoms with Crippen molar-refractivity contribution >= 4 is 27.5 Å². The molecule has 0 amide bonds. The highest BCUT2D eigenvalue weighted by molar-refractivity contribution is 9.10. The molecule has 0 fully saturated rings. The SMILES string of the molecule is Cc1ccc(Cc2nnc(CCc3ccc(F)cc3Cl)o2)cc1Br. The molecule has 24 heavy (non-hydrogen) atoms. The first kappa shape index (κ1) is 17.1. The van der Waals surface area contributed by atoms with Gasteiger partial charge in [-0.2, -0.15) is 0 Å². The molecule has 0 aliphatic rings. The van der Waals surface area contributed by atoms with Crippen LogP contribution >= 0.6 is 27.5 Å². The van der Waals surface area contributed by atoms with Gasteiger partial charge >= 0.3 is 0 Å². The van der Waals surface area contributed by atoms with Crippen LogP contribution in [0.15, 0.2) is 45.3 Å². The number of aromatic nitrogens is 2. The van der Waals surface area contributed by atoms with Crippen LogP contribution < -0.4 is 0 Å². The lowest BCUT2D eigenvalue weighted by Crippen LogP contribution is -1.93. The second-order valence-electron chi connectivity index (χ2n) is 5.59. The molecule has 0 spiro atoms. The van der Waals surface area contributed by atoms with Gasteiger partial charge in [-0.3, -0.25) is 0 Å². The normalized spacial score (nSPS) is 11.0. The van der Waals surface area contributed by atoms with E-state index in [1.807, 2.05) is 19.1 Å². The Hall–Kier alpha value is -1.72. The summed E-state index contributed by atoms with van der Waals surface area (Å²) < 4.78 is 19.8. The smallest absolute Gasteiger partial charge is 0.220 e. The topological polar surface area (TPSA) is 38.9 Å². The zero-order valence-electron chi connectivity index (χ0n) is 13.0. The Bertz CT molecular complexity index is 866. The van der Waals surface area contributed by atoms with Crippen LogP contribution in [0, 0.1) is 12.7 Å². The fraction of sp³-hybridized carbons (Fsp3) is 0.222. The number of aryl methyl sites for hydroxylation is 3. The summed E-state index contributed by atoms with van der Waals surface area (Å²) in [6.07, 6.45) is 1.77. The lowest BCUT2D eigenvalue weighted by atomic mass is 10.1. The summed E-state index contributed by atoms with van der Waals surface area (Å²) in [5.74, 6) is 0.788. The third-order valence-electron chi connectivity index (χ3n) is 3.72. The van der Waals surface area contributed by atoms with Crippen molar-refractivity contribution in [2.24, 2.45) is 0 Å². The van der Waals surface area contributed by atoms with Crippen molar-refractivity contribution in [2.45, 2.75) is 26.2 Å². The van der Waals surface area contributed by atoms with E-state index in [2.05, 4.69) is 32.2 Å². The number of halogens is 3. The van der Waals surface area contributed by atoms with Crippen molar-refractivity contribution in [3.8, 4) is 0 Å². The Morgan fingerprint density at radius 3 is 2.62 bits per heavy atom. The van der Waals surface area contributed by atoms with Gasteiger partial charge in [-0.25, -0.2) is 4.39 Å². The maximum atomic E-state index is 13.0. The number of benzene rings is 2. The largest absolute Gasteiger partial charge is 0.425 e. The summed E-state index contributed by atoms with van der Waals surface area (Å²) in [6.45, 7) is 2.04. The van der Waals surface area contributed by atoms with Gasteiger partial charge in [-0.1, -0.05) is 45.7 Å². The van der Waals surface area contributed by atoms with E-state index in [0.717, 1.165) is 15.6 Å². The van der Waals surface area contributed by atoms with Gasteiger partial charge in [0.05, 0.1) is 6.42 Å². The van der Waals surface area contributed by atoms with Crippen molar-refractivity contribution < 1.29 is 8.81 Å². The third-order valence-corrected chi connectivity index (χ3v) is 4.93. The van der Waals surface area contributed by atoms with Gasteiger partial charge in [-0.05, 0) is 48.2 Å². The third kappa shape index (κ3) is 4.22. The Morgan fingerprint density at radius 1 is 1.08 bits per heavy atom. The molecule has 1 heterocycles. The standard InChI is InChI=1S/C18H15BrClFN2O/c1-11-2-3-12(8-15(11)19)9-18-23-22-17(24-18)7-5-13-4-6-14(21)10-16(13)20/h2-4,6,8,10H,5,7,9H2,1H3. The highest BCUT2D eigenvalue weighted by atomic mass is 79.9. The average Bonchev–Trinajstić information content (AvgIpc) is 2.98. The van der Waals surface area contributed by atoms with Crippen molar-refractivity contribution in [1.29, 1.82) is 0 Å². The van der Waals surface area contributed by atoms with Crippen molar-refractivity contribution in [3.05, 3.63) is 80.2 Å². The molecule has 0 unspecified atom stereocenters. The van der Waals surface area contributed by atoms with Crippen LogP contribution in [0.5, 0.6) is 0 Å². The maximum absolute atomic E-state index is 13.0. The van der Waals surface area contributed by atoms with Gasteiger partial charge in [-0.15, -0.1) is 10.2 Å². The molecule has 0 atom stereocenters. The van der Waals surface area contributed by atoms with E-state index < -0.39 is 0 Å². The van der Waals surface area contributed by atoms with Crippen LogP contribution in [0.4, 0.5) is 4.39 Å². The molecule has 1 aromatic heterocycles. The minimum atomic E-state index is -0.340. The summed E-state index contributed by atoms with van der Waals surface area (Å²) in [7, 11) is 0. The van der Waals surface area contributed by atoms with Crippen molar-refractivity contribution in [2.75, 3.05) is 0 Å². The monoisotopic (exact) mass is 408 g/mol. The molecule has 3 aromatic rings. The fourth-order valence-corrected chi connectivity index (χ4v) is 3.04. The molecule has 3 rings (SSSR count). The Balaban J connectivity index is 1.63. The van der Waals surface area contributed by atoms with Gasteiger partial charge in [0.25, 0.3) is 0 Å². The lowest BCUT2D eigenvalue weighted by molar-refractivity contribution is 0.456. The molecule has 3 nitrogen and oxygen atoms in total. The summed E-state index contributed by atoms with van der Waals surface area (Å²) in [6, 6.07) is 10.5. The quantitative estimate of drug-likeness (QED) is 0.573. The number of nitrogens with zero attached hydrogens (tertiary/aromatic N) is 2. The van der Waals surface area contributed by atoms with Crippen LogP contribution in [-0.2, 0) is 19.3 Å². The van der Waals surface area contributed by atoms with Crippen LogP contribution in [0.1, 0.15) is 28.5 Å². The molecular formula is C18H15BrClFN2O. The minimum absolute atomic E-state index is 0.340. The van der Waals surface area contributed by atoms with Crippen molar-refractivity contribution in [3.63, 3.8) is 0 Å². The van der Waals surface area contributed by atoms with Gasteiger partial charge in [0.1, 0.15) is 5.82 Å². The van der Waals surface area contributed by atoms with Crippen LogP contribution in [0.3, 0.4) is 0 Å². The number of hydrogen-bond acceptors (Lipinski definition) is 3. The predicted molar refractivity (Wildman–Crippen MR) is 94.8 cm³/mol. The maximum Gasteiger partial charge on any atom is 0.220 e. The Morgan fingerprint density at radius 2 is 1.88 bits per heavy atom. The molecule has 124 valence electrons. The van der Waals surface area contributed by atoms with E-state index in [1.165, 1.54) is 17.7 Å². The predicted octanol–water partition coefficient (Wildman–Crippen LogP) is 5.31. The molecular weight excluding hydrogens is 395 g/mol. The molecule has 0 radical (unpaired) electrons. The molecule has 6 heteroatoms.